The van der Waals surface area contributed by atoms with Gasteiger partial charge in [-0.05, 0) is 18.9 Å². The van der Waals surface area contributed by atoms with E-state index < -0.39 is 0 Å². The zero-order valence-electron chi connectivity index (χ0n) is 8.52. The Bertz CT molecular complexity index is 315. The van der Waals surface area contributed by atoms with Crippen LogP contribution >= 0.6 is 0 Å². The normalized spacial score (nSPS) is 18.1. The number of hydrogen-bond acceptors (Lipinski definition) is 3. The molecule has 0 unspecified atom stereocenters. The molecule has 1 aromatic heterocycles. The van der Waals surface area contributed by atoms with Crippen molar-refractivity contribution >= 4 is 5.91 Å². The van der Waals surface area contributed by atoms with Gasteiger partial charge in [0.2, 0.25) is 5.91 Å². The molecule has 0 spiro atoms. The van der Waals surface area contributed by atoms with Crippen molar-refractivity contribution in [1.29, 1.82) is 0 Å². The molecule has 1 amide bonds. The number of rotatable bonds is 2. The molecule has 1 fully saturated rings. The average molecular weight is 209 g/mol. The number of nitrogens with zero attached hydrogens (tertiary/aromatic N) is 2. The molecule has 15 heavy (non-hydrogen) atoms. The second kappa shape index (κ2) is 4.44. The largest absolute Gasteiger partial charge is 0.393 e. The summed E-state index contributed by atoms with van der Waals surface area (Å²) in [5, 5.41) is 15.9. The first-order chi connectivity index (χ1) is 7.25. The van der Waals surface area contributed by atoms with Crippen molar-refractivity contribution in [3.05, 3.63) is 18.0 Å². The highest BCUT2D eigenvalue weighted by atomic mass is 16.3. The zero-order valence-corrected chi connectivity index (χ0v) is 8.52. The predicted molar refractivity (Wildman–Crippen MR) is 54.1 cm³/mol. The van der Waals surface area contributed by atoms with Gasteiger partial charge in [0.15, 0.2) is 0 Å². The third-order valence-electron chi connectivity index (χ3n) is 2.72. The van der Waals surface area contributed by atoms with E-state index in [0.717, 1.165) is 5.69 Å². The van der Waals surface area contributed by atoms with Crippen LogP contribution in [0, 0.1) is 0 Å². The molecule has 2 heterocycles. The van der Waals surface area contributed by atoms with E-state index >= 15 is 0 Å². The Morgan fingerprint density at radius 2 is 2.33 bits per heavy atom. The standard InChI is InChI=1S/C10H15N3O2/c14-9-2-5-13(6-3-9)10(15)7-8-1-4-11-12-8/h1,4,9,14H,2-3,5-7H2,(H,11,12). The Labute approximate surface area is 88.1 Å². The summed E-state index contributed by atoms with van der Waals surface area (Å²) >= 11 is 0. The van der Waals surface area contributed by atoms with Gasteiger partial charge in [0.1, 0.15) is 0 Å². The summed E-state index contributed by atoms with van der Waals surface area (Å²) in [7, 11) is 0. The van der Waals surface area contributed by atoms with Gasteiger partial charge in [0, 0.05) is 25.0 Å². The van der Waals surface area contributed by atoms with Crippen molar-refractivity contribution in [2.75, 3.05) is 13.1 Å². The molecule has 0 saturated carbocycles. The Balaban J connectivity index is 1.86. The van der Waals surface area contributed by atoms with Crippen LogP contribution in [0.2, 0.25) is 0 Å². The zero-order chi connectivity index (χ0) is 10.7. The number of piperidine rings is 1. The van der Waals surface area contributed by atoms with Gasteiger partial charge in [-0.3, -0.25) is 9.89 Å². The fourth-order valence-electron chi connectivity index (χ4n) is 1.77. The number of likely N-dealkylation sites (tertiary alicyclic amines) is 1. The van der Waals surface area contributed by atoms with E-state index in [2.05, 4.69) is 10.2 Å². The first-order valence-corrected chi connectivity index (χ1v) is 5.20. The summed E-state index contributed by atoms with van der Waals surface area (Å²) in [6, 6.07) is 1.80. The van der Waals surface area contributed by atoms with Gasteiger partial charge in [0.05, 0.1) is 12.5 Å². The Morgan fingerprint density at radius 1 is 1.60 bits per heavy atom. The molecule has 0 aliphatic carbocycles. The van der Waals surface area contributed by atoms with Crippen molar-refractivity contribution < 1.29 is 9.90 Å². The maximum absolute atomic E-state index is 11.8. The van der Waals surface area contributed by atoms with E-state index in [0.29, 0.717) is 32.4 Å². The highest BCUT2D eigenvalue weighted by Gasteiger charge is 2.21. The van der Waals surface area contributed by atoms with Crippen molar-refractivity contribution in [1.82, 2.24) is 15.1 Å². The number of aromatic nitrogens is 2. The number of amides is 1. The van der Waals surface area contributed by atoms with Crippen LogP contribution in [-0.2, 0) is 11.2 Å². The summed E-state index contributed by atoms with van der Waals surface area (Å²) in [6.45, 7) is 1.32. The minimum Gasteiger partial charge on any atom is -0.393 e. The van der Waals surface area contributed by atoms with Gasteiger partial charge in [0.25, 0.3) is 0 Å². The monoisotopic (exact) mass is 209 g/mol. The second-order valence-corrected chi connectivity index (χ2v) is 3.87. The molecule has 1 aliphatic heterocycles. The topological polar surface area (TPSA) is 69.2 Å². The van der Waals surface area contributed by atoms with Crippen LogP contribution in [0.5, 0.6) is 0 Å². The summed E-state index contributed by atoms with van der Waals surface area (Å²) < 4.78 is 0. The number of hydrogen-bond donors (Lipinski definition) is 2. The van der Waals surface area contributed by atoms with Crippen molar-refractivity contribution in [2.45, 2.75) is 25.4 Å². The van der Waals surface area contributed by atoms with Crippen LogP contribution in [0.25, 0.3) is 0 Å². The van der Waals surface area contributed by atoms with Crippen molar-refractivity contribution in [3.8, 4) is 0 Å². The van der Waals surface area contributed by atoms with Crippen LogP contribution in [0.4, 0.5) is 0 Å². The van der Waals surface area contributed by atoms with Crippen molar-refractivity contribution in [2.24, 2.45) is 0 Å². The number of carbonyl (C=O) groups is 1. The fourth-order valence-corrected chi connectivity index (χ4v) is 1.77. The fraction of sp³-hybridized carbons (Fsp3) is 0.600. The number of aromatic amines is 1. The minimum atomic E-state index is -0.235. The molecule has 1 saturated heterocycles. The Kier molecular flexibility index (Phi) is 3.01. The lowest BCUT2D eigenvalue weighted by molar-refractivity contribution is -0.132. The molecule has 0 atom stereocenters. The third-order valence-corrected chi connectivity index (χ3v) is 2.72. The van der Waals surface area contributed by atoms with E-state index in [1.54, 1.807) is 17.2 Å². The summed E-state index contributed by atoms with van der Waals surface area (Å²) in [6.07, 6.45) is 3.16. The third kappa shape index (κ3) is 2.56. The van der Waals surface area contributed by atoms with Gasteiger partial charge < -0.3 is 10.0 Å². The molecule has 1 aliphatic rings. The van der Waals surface area contributed by atoms with E-state index in [4.69, 9.17) is 0 Å². The van der Waals surface area contributed by atoms with Gasteiger partial charge in [-0.25, -0.2) is 0 Å². The van der Waals surface area contributed by atoms with Gasteiger partial charge >= 0.3 is 0 Å². The molecule has 0 aromatic carbocycles. The smallest absolute Gasteiger partial charge is 0.228 e. The Morgan fingerprint density at radius 3 is 2.93 bits per heavy atom. The minimum absolute atomic E-state index is 0.103. The van der Waals surface area contributed by atoms with E-state index in [1.807, 2.05) is 0 Å². The molecule has 2 N–H and O–H groups in total. The molecule has 2 rings (SSSR count). The maximum Gasteiger partial charge on any atom is 0.228 e. The van der Waals surface area contributed by atoms with Gasteiger partial charge in [-0.1, -0.05) is 0 Å². The first-order valence-electron chi connectivity index (χ1n) is 5.20. The van der Waals surface area contributed by atoms with E-state index in [-0.39, 0.29) is 12.0 Å². The lowest BCUT2D eigenvalue weighted by Crippen LogP contribution is -2.40. The van der Waals surface area contributed by atoms with E-state index in [1.165, 1.54) is 0 Å². The highest BCUT2D eigenvalue weighted by molar-refractivity contribution is 5.78. The maximum atomic E-state index is 11.8. The lowest BCUT2D eigenvalue weighted by atomic mass is 10.1. The van der Waals surface area contributed by atoms with Crippen LogP contribution in [0.3, 0.4) is 0 Å². The van der Waals surface area contributed by atoms with Crippen LogP contribution in [-0.4, -0.2) is 45.3 Å². The van der Waals surface area contributed by atoms with Crippen LogP contribution in [0.1, 0.15) is 18.5 Å². The predicted octanol–water partition coefficient (Wildman–Crippen LogP) is -0.0645. The summed E-state index contributed by atoms with van der Waals surface area (Å²) in [4.78, 5) is 13.6. The molecule has 5 heteroatoms. The quantitative estimate of drug-likeness (QED) is 0.716. The van der Waals surface area contributed by atoms with Crippen LogP contribution in [0.15, 0.2) is 12.3 Å². The first kappa shape index (κ1) is 10.2. The molecule has 0 radical (unpaired) electrons. The summed E-state index contributed by atoms with van der Waals surface area (Å²) in [5.41, 5.74) is 0.839. The lowest BCUT2D eigenvalue weighted by Gasteiger charge is -2.29. The van der Waals surface area contributed by atoms with E-state index in [9.17, 15) is 9.90 Å². The average Bonchev–Trinajstić information content (AvgIpc) is 2.71. The van der Waals surface area contributed by atoms with Crippen molar-refractivity contribution in [3.63, 3.8) is 0 Å². The number of aliphatic hydroxyl groups excluding tert-OH is 1. The number of aliphatic hydroxyl groups is 1. The highest BCUT2D eigenvalue weighted by Crippen LogP contribution is 2.11. The molecular formula is C10H15N3O2. The summed E-state index contributed by atoms with van der Waals surface area (Å²) in [5.74, 6) is 0.103. The molecule has 82 valence electrons. The number of carbonyl (C=O) groups excluding carboxylic acids is 1. The number of H-pyrrole nitrogens is 1. The molecule has 5 nitrogen and oxygen atoms in total. The molecule has 1 aromatic rings. The van der Waals surface area contributed by atoms with Gasteiger partial charge in [-0.15, -0.1) is 0 Å². The number of nitrogens with one attached hydrogen (secondary N) is 1. The molecular weight excluding hydrogens is 194 g/mol. The Hall–Kier alpha value is -1.36. The van der Waals surface area contributed by atoms with Gasteiger partial charge in [-0.2, -0.15) is 5.10 Å². The molecule has 0 bridgehead atoms. The van der Waals surface area contributed by atoms with Crippen LogP contribution < -0.4 is 0 Å². The SMILES string of the molecule is O=C(Cc1ccn[nH]1)N1CCC(O)CC1. The second-order valence-electron chi connectivity index (χ2n) is 3.87.